The molecule has 0 bridgehead atoms. The molecule has 1 unspecified atom stereocenters. The summed E-state index contributed by atoms with van der Waals surface area (Å²) in [6.07, 6.45) is -0.386. The van der Waals surface area contributed by atoms with Gasteiger partial charge in [0.25, 0.3) is 0 Å². The fraction of sp³-hybridized carbons (Fsp3) is 0.500. The topological polar surface area (TPSA) is 93.7 Å². The summed E-state index contributed by atoms with van der Waals surface area (Å²) in [7, 11) is -0.479. The van der Waals surface area contributed by atoms with E-state index >= 15 is 0 Å². The third kappa shape index (κ3) is 6.00. The van der Waals surface area contributed by atoms with E-state index in [1.807, 2.05) is 0 Å². The summed E-state index contributed by atoms with van der Waals surface area (Å²) in [5.41, 5.74) is 1.20. The SMILES string of the molecule is COc1ccc(CNS(=O)(=O)CC(C)OC)cc1NC(C)=O. The van der Waals surface area contributed by atoms with Crippen molar-refractivity contribution in [2.75, 3.05) is 25.3 Å². The number of carbonyl (C=O) groups excluding carboxylic acids is 1. The Bertz CT molecular complexity index is 616. The first kappa shape index (κ1) is 18.4. The minimum atomic E-state index is -3.44. The van der Waals surface area contributed by atoms with E-state index in [4.69, 9.17) is 9.47 Å². The summed E-state index contributed by atoms with van der Waals surface area (Å²) in [6.45, 7) is 3.19. The fourth-order valence-electron chi connectivity index (χ4n) is 1.78. The monoisotopic (exact) mass is 330 g/mol. The average molecular weight is 330 g/mol. The van der Waals surface area contributed by atoms with Gasteiger partial charge in [-0.05, 0) is 24.6 Å². The highest BCUT2D eigenvalue weighted by Crippen LogP contribution is 2.25. The Morgan fingerprint density at radius 1 is 1.32 bits per heavy atom. The molecule has 1 rings (SSSR count). The van der Waals surface area contributed by atoms with Gasteiger partial charge in [-0.3, -0.25) is 4.79 Å². The standard InChI is InChI=1S/C14H22N2O5S/c1-10(20-3)9-22(18,19)15-8-12-5-6-14(21-4)13(7-12)16-11(2)17/h5-7,10,15H,8-9H2,1-4H3,(H,16,17). The Morgan fingerprint density at radius 3 is 2.55 bits per heavy atom. The van der Waals surface area contributed by atoms with Crippen LogP contribution in [0.1, 0.15) is 19.4 Å². The first-order valence-electron chi connectivity index (χ1n) is 6.72. The predicted molar refractivity (Wildman–Crippen MR) is 84.4 cm³/mol. The van der Waals surface area contributed by atoms with Crippen molar-refractivity contribution in [3.05, 3.63) is 23.8 Å². The molecule has 1 aromatic rings. The zero-order valence-electron chi connectivity index (χ0n) is 13.2. The van der Waals surface area contributed by atoms with Crippen molar-refractivity contribution in [1.29, 1.82) is 0 Å². The van der Waals surface area contributed by atoms with Gasteiger partial charge >= 0.3 is 0 Å². The second kappa shape index (κ2) is 8.11. The molecule has 1 amide bonds. The normalized spacial score (nSPS) is 12.7. The van der Waals surface area contributed by atoms with E-state index in [0.29, 0.717) is 17.0 Å². The zero-order valence-corrected chi connectivity index (χ0v) is 14.0. The van der Waals surface area contributed by atoms with E-state index in [1.54, 1.807) is 25.1 Å². The van der Waals surface area contributed by atoms with Crippen molar-refractivity contribution in [2.45, 2.75) is 26.5 Å². The first-order valence-corrected chi connectivity index (χ1v) is 8.37. The number of sulfonamides is 1. The number of hydrogen-bond acceptors (Lipinski definition) is 5. The van der Waals surface area contributed by atoms with Crippen LogP contribution in [0.4, 0.5) is 5.69 Å². The lowest BCUT2D eigenvalue weighted by atomic mass is 10.2. The number of ether oxygens (including phenoxy) is 2. The summed E-state index contributed by atoms with van der Waals surface area (Å²) in [6, 6.07) is 5.07. The highest BCUT2D eigenvalue weighted by Gasteiger charge is 2.15. The van der Waals surface area contributed by atoms with Crippen LogP contribution in [0.3, 0.4) is 0 Å². The van der Waals surface area contributed by atoms with Crippen LogP contribution in [-0.4, -0.2) is 40.4 Å². The number of benzene rings is 1. The van der Waals surface area contributed by atoms with E-state index in [9.17, 15) is 13.2 Å². The Morgan fingerprint density at radius 2 is 2.00 bits per heavy atom. The van der Waals surface area contributed by atoms with Crippen molar-refractivity contribution >= 4 is 21.6 Å². The molecule has 0 spiro atoms. The van der Waals surface area contributed by atoms with Crippen molar-refractivity contribution < 1.29 is 22.7 Å². The second-order valence-electron chi connectivity index (χ2n) is 4.86. The Labute approximate surface area is 131 Å². The van der Waals surface area contributed by atoms with E-state index in [-0.39, 0.29) is 24.3 Å². The van der Waals surface area contributed by atoms with E-state index in [1.165, 1.54) is 21.1 Å². The van der Waals surface area contributed by atoms with Crippen LogP contribution >= 0.6 is 0 Å². The molecule has 0 heterocycles. The molecule has 1 atom stereocenters. The number of hydrogen-bond donors (Lipinski definition) is 2. The molecule has 1 aromatic carbocycles. The van der Waals surface area contributed by atoms with Crippen LogP contribution < -0.4 is 14.8 Å². The summed E-state index contributed by atoms with van der Waals surface area (Å²) in [5.74, 6) is 0.165. The van der Waals surface area contributed by atoms with Crippen LogP contribution in [0.15, 0.2) is 18.2 Å². The van der Waals surface area contributed by atoms with Gasteiger partial charge < -0.3 is 14.8 Å². The summed E-state index contributed by atoms with van der Waals surface area (Å²) >= 11 is 0. The largest absolute Gasteiger partial charge is 0.495 e. The molecule has 0 radical (unpaired) electrons. The lowest BCUT2D eigenvalue weighted by Crippen LogP contribution is -2.31. The van der Waals surface area contributed by atoms with E-state index < -0.39 is 10.0 Å². The van der Waals surface area contributed by atoms with Crippen LogP contribution in [0.25, 0.3) is 0 Å². The van der Waals surface area contributed by atoms with Crippen molar-refractivity contribution in [1.82, 2.24) is 4.72 Å². The Hall–Kier alpha value is -1.64. The molecular weight excluding hydrogens is 308 g/mol. The number of nitrogens with one attached hydrogen (secondary N) is 2. The van der Waals surface area contributed by atoms with Gasteiger partial charge in [0.2, 0.25) is 15.9 Å². The van der Waals surface area contributed by atoms with Gasteiger partial charge in [-0.1, -0.05) is 6.07 Å². The lowest BCUT2D eigenvalue weighted by molar-refractivity contribution is -0.114. The van der Waals surface area contributed by atoms with Crippen LogP contribution in [0.2, 0.25) is 0 Å². The molecule has 0 saturated carbocycles. The smallest absolute Gasteiger partial charge is 0.221 e. The summed E-state index contributed by atoms with van der Waals surface area (Å²) in [4.78, 5) is 11.2. The third-order valence-corrected chi connectivity index (χ3v) is 4.42. The second-order valence-corrected chi connectivity index (χ2v) is 6.72. The van der Waals surface area contributed by atoms with Crippen molar-refractivity contribution in [3.8, 4) is 5.75 Å². The van der Waals surface area contributed by atoms with Crippen LogP contribution in [-0.2, 0) is 26.1 Å². The Balaban J connectivity index is 2.80. The number of anilines is 1. The van der Waals surface area contributed by atoms with E-state index in [2.05, 4.69) is 10.0 Å². The maximum Gasteiger partial charge on any atom is 0.221 e. The first-order chi connectivity index (χ1) is 10.3. The molecule has 0 aliphatic heterocycles. The maximum absolute atomic E-state index is 11.9. The van der Waals surface area contributed by atoms with Gasteiger partial charge in [-0.15, -0.1) is 0 Å². The average Bonchev–Trinajstić information content (AvgIpc) is 2.44. The fourth-order valence-corrected chi connectivity index (χ4v) is 3.04. The van der Waals surface area contributed by atoms with Gasteiger partial charge in [0.15, 0.2) is 0 Å². The molecule has 0 aliphatic carbocycles. The maximum atomic E-state index is 11.9. The van der Waals surface area contributed by atoms with Crippen LogP contribution in [0, 0.1) is 0 Å². The summed E-state index contributed by atoms with van der Waals surface area (Å²) in [5, 5.41) is 2.64. The van der Waals surface area contributed by atoms with Gasteiger partial charge in [-0.2, -0.15) is 0 Å². The number of amides is 1. The van der Waals surface area contributed by atoms with Gasteiger partial charge in [-0.25, -0.2) is 13.1 Å². The molecule has 22 heavy (non-hydrogen) atoms. The molecule has 0 fully saturated rings. The molecule has 0 aliphatic rings. The molecule has 0 saturated heterocycles. The third-order valence-electron chi connectivity index (χ3n) is 2.93. The minimum Gasteiger partial charge on any atom is -0.495 e. The molecule has 2 N–H and O–H groups in total. The van der Waals surface area contributed by atoms with Crippen molar-refractivity contribution in [3.63, 3.8) is 0 Å². The van der Waals surface area contributed by atoms with Crippen LogP contribution in [0.5, 0.6) is 5.75 Å². The predicted octanol–water partition coefficient (Wildman–Crippen LogP) is 1.11. The molecular formula is C14H22N2O5S. The molecule has 0 aromatic heterocycles. The highest BCUT2D eigenvalue weighted by molar-refractivity contribution is 7.89. The number of rotatable bonds is 8. The quantitative estimate of drug-likeness (QED) is 0.745. The lowest BCUT2D eigenvalue weighted by Gasteiger charge is -2.13. The minimum absolute atomic E-state index is 0.113. The number of methoxy groups -OCH3 is 2. The molecule has 124 valence electrons. The van der Waals surface area contributed by atoms with Gasteiger partial charge in [0, 0.05) is 20.6 Å². The zero-order chi connectivity index (χ0) is 16.8. The van der Waals surface area contributed by atoms with Gasteiger partial charge in [0.05, 0.1) is 24.7 Å². The van der Waals surface area contributed by atoms with E-state index in [0.717, 1.165) is 0 Å². The van der Waals surface area contributed by atoms with Crippen molar-refractivity contribution in [2.24, 2.45) is 0 Å². The Kier molecular flexibility index (Phi) is 6.79. The van der Waals surface area contributed by atoms with Gasteiger partial charge in [0.1, 0.15) is 5.75 Å². The summed E-state index contributed by atoms with van der Waals surface area (Å²) < 4.78 is 36.3. The molecule has 7 nitrogen and oxygen atoms in total. The number of carbonyl (C=O) groups is 1. The molecule has 8 heteroatoms. The highest BCUT2D eigenvalue weighted by atomic mass is 32.2.